The number of anilines is 1. The molecule has 5 N–H and O–H groups in total. The highest BCUT2D eigenvalue weighted by molar-refractivity contribution is 6.00. The van der Waals surface area contributed by atoms with Gasteiger partial charge in [-0.3, -0.25) is 9.78 Å². The maximum Gasteiger partial charge on any atom is 0.255 e. The molecule has 1 atom stereocenters. The van der Waals surface area contributed by atoms with E-state index in [1.54, 1.807) is 10.6 Å². The number of rotatable bonds is 7. The molecule has 10 heteroatoms. The molecule has 0 spiro atoms. The second-order valence-electron chi connectivity index (χ2n) is 11.1. The van der Waals surface area contributed by atoms with Crippen molar-refractivity contribution >= 4 is 17.1 Å². The molecule has 3 aromatic rings. The van der Waals surface area contributed by atoms with Crippen molar-refractivity contribution in [1.82, 2.24) is 19.9 Å². The number of nitrogens with zero attached hydrogens (tertiary/aromatic N) is 4. The van der Waals surface area contributed by atoms with Gasteiger partial charge in [-0.25, -0.2) is 8.91 Å². The number of fused-ring (bicyclic) bond motifs is 4. The minimum Gasteiger partial charge on any atom is -0.387 e. The Morgan fingerprint density at radius 2 is 1.95 bits per heavy atom. The summed E-state index contributed by atoms with van der Waals surface area (Å²) in [5.41, 5.74) is 8.11. The number of nitrogens with one attached hydrogen (secondary N) is 2. The quantitative estimate of drug-likeness (QED) is 0.386. The van der Waals surface area contributed by atoms with Crippen LogP contribution in [0, 0.1) is 11.3 Å². The van der Waals surface area contributed by atoms with Gasteiger partial charge in [0.15, 0.2) is 0 Å². The number of pyridine rings is 1. The highest BCUT2D eigenvalue weighted by atomic mass is 19.1. The summed E-state index contributed by atoms with van der Waals surface area (Å²) in [7, 11) is 0. The molecule has 3 fully saturated rings. The summed E-state index contributed by atoms with van der Waals surface area (Å²) in [6.07, 6.45) is 6.83. The Balaban J connectivity index is 1.49. The average Bonchev–Trinajstić information content (AvgIpc) is 3.30. The summed E-state index contributed by atoms with van der Waals surface area (Å²) in [5, 5.41) is 29.7. The van der Waals surface area contributed by atoms with E-state index in [2.05, 4.69) is 26.8 Å². The van der Waals surface area contributed by atoms with Gasteiger partial charge >= 0.3 is 0 Å². The summed E-state index contributed by atoms with van der Waals surface area (Å²) in [5.74, 6) is -0.471. The Labute approximate surface area is 214 Å². The van der Waals surface area contributed by atoms with E-state index in [4.69, 9.17) is 5.73 Å². The molecule has 3 aliphatic rings. The van der Waals surface area contributed by atoms with Crippen molar-refractivity contribution in [2.45, 2.75) is 75.2 Å². The van der Waals surface area contributed by atoms with E-state index in [-0.39, 0.29) is 17.6 Å². The molecule has 6 rings (SSSR count). The normalized spacial score (nSPS) is 24.0. The van der Waals surface area contributed by atoms with Crippen LogP contribution in [0.2, 0.25) is 0 Å². The fraction of sp³-hybridized carbons (Fsp3) is 0.481. The summed E-state index contributed by atoms with van der Waals surface area (Å²) in [6, 6.07) is 9.39. The zero-order valence-corrected chi connectivity index (χ0v) is 21.1. The largest absolute Gasteiger partial charge is 0.387 e. The van der Waals surface area contributed by atoms with E-state index >= 15 is 0 Å². The van der Waals surface area contributed by atoms with E-state index in [1.807, 2.05) is 18.2 Å². The zero-order chi connectivity index (χ0) is 26.4. The number of aromatic nitrogens is 3. The van der Waals surface area contributed by atoms with E-state index < -0.39 is 17.7 Å². The number of hydrogen-bond acceptors (Lipinski definition) is 7. The van der Waals surface area contributed by atoms with Crippen LogP contribution in [0.15, 0.2) is 36.7 Å². The van der Waals surface area contributed by atoms with Crippen LogP contribution < -0.4 is 16.4 Å². The third-order valence-electron chi connectivity index (χ3n) is 7.95. The van der Waals surface area contributed by atoms with Gasteiger partial charge in [0.2, 0.25) is 0 Å². The van der Waals surface area contributed by atoms with Gasteiger partial charge in [0.05, 0.1) is 52.1 Å². The SMILES string of the molecule is CC(C)(O)[C@H](F)CNC(=O)c1cnc(-c2ccc3cc(C#N)cnn23)cc1NC12CCC(N)(CC1)CC2. The minimum atomic E-state index is -1.62. The van der Waals surface area contributed by atoms with Crippen LogP contribution in [0.4, 0.5) is 10.1 Å². The Morgan fingerprint density at radius 1 is 1.24 bits per heavy atom. The molecule has 3 aromatic heterocycles. The summed E-state index contributed by atoms with van der Waals surface area (Å²) >= 11 is 0. The number of halogens is 1. The van der Waals surface area contributed by atoms with Crippen molar-refractivity contribution < 1.29 is 14.3 Å². The van der Waals surface area contributed by atoms with Gasteiger partial charge in [-0.15, -0.1) is 0 Å². The number of carbonyl (C=O) groups excluding carboxylic acids is 1. The monoisotopic (exact) mass is 505 g/mol. The molecule has 2 bridgehead atoms. The lowest BCUT2D eigenvalue weighted by Gasteiger charge is -2.52. The summed E-state index contributed by atoms with van der Waals surface area (Å²) in [4.78, 5) is 17.7. The van der Waals surface area contributed by atoms with Crippen LogP contribution in [-0.2, 0) is 0 Å². The van der Waals surface area contributed by atoms with Crippen LogP contribution in [0.1, 0.15) is 68.3 Å². The molecule has 3 saturated carbocycles. The molecule has 0 unspecified atom stereocenters. The Hall–Kier alpha value is -3.55. The predicted molar refractivity (Wildman–Crippen MR) is 138 cm³/mol. The lowest BCUT2D eigenvalue weighted by atomic mass is 9.62. The highest BCUT2D eigenvalue weighted by Gasteiger charge is 2.47. The Kier molecular flexibility index (Phi) is 6.16. The molecule has 0 aliphatic heterocycles. The molecule has 9 nitrogen and oxygen atoms in total. The maximum absolute atomic E-state index is 14.3. The lowest BCUT2D eigenvalue weighted by Crippen LogP contribution is -2.58. The van der Waals surface area contributed by atoms with Crippen molar-refractivity contribution in [3.05, 3.63) is 47.8 Å². The van der Waals surface area contributed by atoms with Crippen molar-refractivity contribution in [3.8, 4) is 17.5 Å². The second kappa shape index (κ2) is 9.08. The van der Waals surface area contributed by atoms with Crippen LogP contribution >= 0.6 is 0 Å². The van der Waals surface area contributed by atoms with Crippen LogP contribution in [0.5, 0.6) is 0 Å². The third kappa shape index (κ3) is 4.89. The number of carbonyl (C=O) groups is 1. The second-order valence-corrected chi connectivity index (χ2v) is 11.1. The third-order valence-corrected chi connectivity index (χ3v) is 7.95. The summed E-state index contributed by atoms with van der Waals surface area (Å²) in [6.45, 7) is 2.41. The molecule has 0 aromatic carbocycles. The smallest absolute Gasteiger partial charge is 0.255 e. The molecule has 3 heterocycles. The average molecular weight is 506 g/mol. The number of amides is 1. The first-order chi connectivity index (χ1) is 17.5. The van der Waals surface area contributed by atoms with Crippen molar-refractivity contribution in [1.29, 1.82) is 5.26 Å². The minimum absolute atomic E-state index is 0.0981. The number of aliphatic hydroxyl groups is 1. The molecule has 1 amide bonds. The first-order valence-corrected chi connectivity index (χ1v) is 12.6. The predicted octanol–water partition coefficient (Wildman–Crippen LogP) is 3.32. The van der Waals surface area contributed by atoms with E-state index in [0.717, 1.165) is 44.0 Å². The lowest BCUT2D eigenvalue weighted by molar-refractivity contribution is -0.00177. The van der Waals surface area contributed by atoms with Crippen molar-refractivity contribution in [3.63, 3.8) is 0 Å². The van der Waals surface area contributed by atoms with Crippen LogP contribution in [0.3, 0.4) is 0 Å². The van der Waals surface area contributed by atoms with Gasteiger partial charge in [-0.05, 0) is 76.6 Å². The number of alkyl halides is 1. The molecule has 0 saturated heterocycles. The molecule has 3 aliphatic carbocycles. The highest BCUT2D eigenvalue weighted by Crippen LogP contribution is 2.47. The van der Waals surface area contributed by atoms with E-state index in [1.165, 1.54) is 26.2 Å². The standard InChI is InChI=1S/C27H32FN7O2/c1-25(2,37)23(28)16-32-24(36)19-15-31-21(22-4-3-18-11-17(13-29)14-33-35(18)22)12-20(19)34-27-8-5-26(30,6-9-27)7-10-27/h3-4,11-12,14-15,23,37H,5-10,16,30H2,1-2H3,(H,31,34)(H,32,36)/t23-,26?,27?/m1/s1. The fourth-order valence-electron chi connectivity index (χ4n) is 5.35. The van der Waals surface area contributed by atoms with Gasteiger partial charge in [-0.2, -0.15) is 10.4 Å². The Morgan fingerprint density at radius 3 is 2.59 bits per heavy atom. The number of hydrogen-bond donors (Lipinski definition) is 4. The Bertz CT molecular complexity index is 1360. The fourth-order valence-corrected chi connectivity index (χ4v) is 5.35. The molecule has 37 heavy (non-hydrogen) atoms. The van der Waals surface area contributed by atoms with Gasteiger partial charge in [-0.1, -0.05) is 0 Å². The van der Waals surface area contributed by atoms with Gasteiger partial charge < -0.3 is 21.5 Å². The van der Waals surface area contributed by atoms with Crippen LogP contribution in [0.25, 0.3) is 16.9 Å². The van der Waals surface area contributed by atoms with Gasteiger partial charge in [0.1, 0.15) is 12.2 Å². The number of nitriles is 1. The van der Waals surface area contributed by atoms with Crippen molar-refractivity contribution in [2.24, 2.45) is 5.73 Å². The van der Waals surface area contributed by atoms with Crippen LogP contribution in [-0.4, -0.2) is 55.0 Å². The van der Waals surface area contributed by atoms with E-state index in [9.17, 15) is 19.6 Å². The van der Waals surface area contributed by atoms with Crippen molar-refractivity contribution in [2.75, 3.05) is 11.9 Å². The van der Waals surface area contributed by atoms with Gasteiger partial charge in [0, 0.05) is 17.3 Å². The first kappa shape index (κ1) is 25.1. The molecular formula is C27H32FN7O2. The molecule has 194 valence electrons. The van der Waals surface area contributed by atoms with Gasteiger partial charge in [0.25, 0.3) is 5.91 Å². The topological polar surface area (TPSA) is 141 Å². The first-order valence-electron chi connectivity index (χ1n) is 12.6. The summed E-state index contributed by atoms with van der Waals surface area (Å²) < 4.78 is 16.0. The number of nitrogens with two attached hydrogens (primary N) is 1. The maximum atomic E-state index is 14.3. The molecular weight excluding hydrogens is 473 g/mol. The van der Waals surface area contributed by atoms with E-state index in [0.29, 0.717) is 28.2 Å². The zero-order valence-electron chi connectivity index (χ0n) is 21.1. The molecule has 0 radical (unpaired) electrons.